The van der Waals surface area contributed by atoms with E-state index in [-0.39, 0.29) is 6.04 Å². The highest BCUT2D eigenvalue weighted by Crippen LogP contribution is 2.27. The minimum absolute atomic E-state index is 0.251. The quantitative estimate of drug-likeness (QED) is 0.915. The van der Waals surface area contributed by atoms with Crippen LogP contribution in [0.25, 0.3) is 0 Å². The lowest BCUT2D eigenvalue weighted by molar-refractivity contribution is 0.134. The number of benzene rings is 1. The van der Waals surface area contributed by atoms with Crippen LogP contribution < -0.4 is 5.32 Å². The van der Waals surface area contributed by atoms with Crippen molar-refractivity contribution in [3.05, 3.63) is 63.9 Å². The van der Waals surface area contributed by atoms with Gasteiger partial charge in [0.2, 0.25) is 0 Å². The highest BCUT2D eigenvalue weighted by molar-refractivity contribution is 6.31. The van der Waals surface area contributed by atoms with E-state index in [9.17, 15) is 0 Å². The van der Waals surface area contributed by atoms with Gasteiger partial charge in [0.05, 0.1) is 18.2 Å². The highest BCUT2D eigenvalue weighted by Gasteiger charge is 2.17. The molecule has 0 aliphatic carbocycles. The van der Waals surface area contributed by atoms with Gasteiger partial charge in [-0.05, 0) is 41.3 Å². The average molecular weight is 303 g/mol. The Morgan fingerprint density at radius 3 is 2.95 bits per heavy atom. The van der Waals surface area contributed by atoms with Crippen molar-refractivity contribution in [2.45, 2.75) is 32.6 Å². The molecule has 0 saturated carbocycles. The van der Waals surface area contributed by atoms with Gasteiger partial charge in [0.25, 0.3) is 0 Å². The van der Waals surface area contributed by atoms with Gasteiger partial charge in [-0.15, -0.1) is 0 Å². The molecular weight excluding hydrogens is 284 g/mol. The molecule has 0 spiro atoms. The molecule has 2 aromatic rings. The fourth-order valence-corrected chi connectivity index (χ4v) is 2.95. The summed E-state index contributed by atoms with van der Waals surface area (Å²) in [6, 6.07) is 8.86. The molecule has 1 aliphatic heterocycles. The molecule has 21 heavy (non-hydrogen) atoms. The Hall–Kier alpha value is -1.42. The zero-order valence-corrected chi connectivity index (χ0v) is 12.9. The first-order valence-corrected chi connectivity index (χ1v) is 7.67. The Morgan fingerprint density at radius 2 is 2.14 bits per heavy atom. The summed E-state index contributed by atoms with van der Waals surface area (Å²) in [5.74, 6) is 0. The molecule has 2 heterocycles. The minimum Gasteiger partial charge on any atom is -0.372 e. The molecule has 1 aromatic carbocycles. The number of aromatic nitrogens is 1. The maximum atomic E-state index is 6.24. The van der Waals surface area contributed by atoms with Crippen LogP contribution in [0.5, 0.6) is 0 Å². The molecule has 0 radical (unpaired) electrons. The van der Waals surface area contributed by atoms with Crippen LogP contribution in [0.3, 0.4) is 0 Å². The fraction of sp³-hybridized carbons (Fsp3) is 0.353. The van der Waals surface area contributed by atoms with Gasteiger partial charge in [-0.3, -0.25) is 4.98 Å². The zero-order valence-electron chi connectivity index (χ0n) is 12.1. The van der Waals surface area contributed by atoms with Gasteiger partial charge in [0.15, 0.2) is 0 Å². The first kappa shape index (κ1) is 14.5. The Balaban J connectivity index is 1.86. The van der Waals surface area contributed by atoms with Gasteiger partial charge in [-0.25, -0.2) is 0 Å². The monoisotopic (exact) mass is 302 g/mol. The number of hydrogen-bond acceptors (Lipinski definition) is 3. The molecule has 0 bridgehead atoms. The van der Waals surface area contributed by atoms with Crippen molar-refractivity contribution >= 4 is 11.6 Å². The summed E-state index contributed by atoms with van der Waals surface area (Å²) in [5, 5.41) is 4.27. The average Bonchev–Trinajstić information content (AvgIpc) is 2.96. The van der Waals surface area contributed by atoms with Gasteiger partial charge >= 0.3 is 0 Å². The van der Waals surface area contributed by atoms with E-state index in [2.05, 4.69) is 35.4 Å². The molecule has 0 saturated heterocycles. The Kier molecular flexibility index (Phi) is 4.54. The third kappa shape index (κ3) is 3.26. The number of nitrogens with zero attached hydrogens (tertiary/aromatic N) is 1. The molecule has 1 N–H and O–H groups in total. The smallest absolute Gasteiger partial charge is 0.0725 e. The zero-order chi connectivity index (χ0) is 14.7. The predicted molar refractivity (Wildman–Crippen MR) is 84.3 cm³/mol. The lowest BCUT2D eigenvalue weighted by Gasteiger charge is -2.20. The Bertz CT molecular complexity index is 630. The fourth-order valence-electron chi connectivity index (χ4n) is 2.75. The summed E-state index contributed by atoms with van der Waals surface area (Å²) in [5.41, 5.74) is 5.01. The normalized spacial score (nSPS) is 15.0. The highest BCUT2D eigenvalue weighted by atomic mass is 35.5. The molecule has 1 atom stereocenters. The predicted octanol–water partition coefficient (Wildman–Crippen LogP) is 3.66. The molecule has 1 aliphatic rings. The van der Waals surface area contributed by atoms with Gasteiger partial charge in [0, 0.05) is 18.4 Å². The SMILES string of the molecule is CCNC(Cc1ccncc1Cl)c1ccc2c(c1)COC2. The van der Waals surface area contributed by atoms with E-state index in [1.165, 1.54) is 16.7 Å². The molecule has 4 heteroatoms. The molecule has 3 rings (SSSR count). The standard InChI is InChI=1S/C17H19ClN2O/c1-2-20-17(8-12-5-6-19-9-16(12)18)13-3-4-14-10-21-11-15(14)7-13/h3-7,9,17,20H,2,8,10-11H2,1H3. The van der Waals surface area contributed by atoms with Crippen molar-refractivity contribution < 1.29 is 4.74 Å². The van der Waals surface area contributed by atoms with Crippen molar-refractivity contribution in [1.29, 1.82) is 0 Å². The number of rotatable bonds is 5. The molecule has 3 nitrogen and oxygen atoms in total. The molecule has 0 amide bonds. The third-order valence-electron chi connectivity index (χ3n) is 3.88. The number of hydrogen-bond donors (Lipinski definition) is 1. The van der Waals surface area contributed by atoms with Gasteiger partial charge < -0.3 is 10.1 Å². The summed E-state index contributed by atoms with van der Waals surface area (Å²) < 4.78 is 5.50. The number of pyridine rings is 1. The van der Waals surface area contributed by atoms with E-state index in [1.807, 2.05) is 6.07 Å². The maximum Gasteiger partial charge on any atom is 0.0725 e. The number of nitrogens with one attached hydrogen (secondary N) is 1. The van der Waals surface area contributed by atoms with E-state index in [4.69, 9.17) is 16.3 Å². The summed E-state index contributed by atoms with van der Waals surface area (Å²) in [6.45, 7) is 4.49. The first-order chi connectivity index (χ1) is 10.3. The van der Waals surface area contributed by atoms with Crippen LogP contribution in [0.1, 0.15) is 35.2 Å². The molecule has 1 aromatic heterocycles. The minimum atomic E-state index is 0.251. The van der Waals surface area contributed by atoms with Crippen LogP contribution in [-0.4, -0.2) is 11.5 Å². The largest absolute Gasteiger partial charge is 0.372 e. The van der Waals surface area contributed by atoms with E-state index in [1.54, 1.807) is 12.4 Å². The molecule has 110 valence electrons. The van der Waals surface area contributed by atoms with Gasteiger partial charge in [-0.1, -0.05) is 36.7 Å². The molecule has 1 unspecified atom stereocenters. The second-order valence-electron chi connectivity index (χ2n) is 5.30. The van der Waals surface area contributed by atoms with Gasteiger partial charge in [0.1, 0.15) is 0 Å². The van der Waals surface area contributed by atoms with Gasteiger partial charge in [-0.2, -0.15) is 0 Å². The lowest BCUT2D eigenvalue weighted by atomic mass is 9.96. The van der Waals surface area contributed by atoms with E-state index >= 15 is 0 Å². The summed E-state index contributed by atoms with van der Waals surface area (Å²) >= 11 is 6.24. The lowest BCUT2D eigenvalue weighted by Crippen LogP contribution is -2.23. The van der Waals surface area contributed by atoms with Crippen LogP contribution in [0, 0.1) is 0 Å². The Labute approximate surface area is 130 Å². The topological polar surface area (TPSA) is 34.2 Å². The van der Waals surface area contributed by atoms with Crippen molar-refractivity contribution in [3.8, 4) is 0 Å². The van der Waals surface area contributed by atoms with Crippen molar-refractivity contribution in [2.75, 3.05) is 6.54 Å². The van der Waals surface area contributed by atoms with Crippen LogP contribution in [-0.2, 0) is 24.4 Å². The first-order valence-electron chi connectivity index (χ1n) is 7.29. The van der Waals surface area contributed by atoms with Crippen LogP contribution in [0.4, 0.5) is 0 Å². The van der Waals surface area contributed by atoms with Crippen molar-refractivity contribution in [1.82, 2.24) is 10.3 Å². The number of fused-ring (bicyclic) bond motifs is 1. The second kappa shape index (κ2) is 6.56. The van der Waals surface area contributed by atoms with E-state index in [0.717, 1.165) is 36.8 Å². The van der Waals surface area contributed by atoms with Crippen LogP contribution in [0.2, 0.25) is 5.02 Å². The second-order valence-corrected chi connectivity index (χ2v) is 5.71. The van der Waals surface area contributed by atoms with Crippen molar-refractivity contribution in [3.63, 3.8) is 0 Å². The summed E-state index contributed by atoms with van der Waals surface area (Å²) in [6.07, 6.45) is 4.35. The number of ether oxygens (including phenoxy) is 1. The maximum absolute atomic E-state index is 6.24. The molecular formula is C17H19ClN2O. The summed E-state index contributed by atoms with van der Waals surface area (Å²) in [4.78, 5) is 4.05. The Morgan fingerprint density at radius 1 is 1.29 bits per heavy atom. The van der Waals surface area contributed by atoms with E-state index < -0.39 is 0 Å². The number of likely N-dealkylation sites (N-methyl/N-ethyl adjacent to an activating group) is 1. The van der Waals surface area contributed by atoms with Crippen molar-refractivity contribution in [2.24, 2.45) is 0 Å². The van der Waals surface area contributed by atoms with E-state index in [0.29, 0.717) is 0 Å². The third-order valence-corrected chi connectivity index (χ3v) is 4.22. The van der Waals surface area contributed by atoms with Crippen LogP contribution >= 0.6 is 11.6 Å². The molecule has 0 fully saturated rings. The summed E-state index contributed by atoms with van der Waals surface area (Å²) in [7, 11) is 0. The number of halogens is 1. The van der Waals surface area contributed by atoms with Crippen LogP contribution in [0.15, 0.2) is 36.7 Å².